The molecule has 0 saturated carbocycles. The molecule has 0 fully saturated rings. The molecular formula is C27H29FN4O6S. The Morgan fingerprint density at radius 2 is 1.54 bits per heavy atom. The molecule has 3 aromatic rings. The number of non-ortho nitro benzene ring substituents is 1. The molecule has 3 aromatic carbocycles. The van der Waals surface area contributed by atoms with Crippen molar-refractivity contribution in [3.8, 4) is 0 Å². The van der Waals surface area contributed by atoms with Crippen molar-refractivity contribution < 1.29 is 27.3 Å². The van der Waals surface area contributed by atoms with Crippen molar-refractivity contribution >= 4 is 33.2 Å². The van der Waals surface area contributed by atoms with Gasteiger partial charge in [0.15, 0.2) is 0 Å². The number of benzene rings is 3. The third-order valence-electron chi connectivity index (χ3n) is 5.82. The van der Waals surface area contributed by atoms with Crippen LogP contribution in [0.3, 0.4) is 0 Å². The first-order valence-corrected chi connectivity index (χ1v) is 13.5. The highest BCUT2D eigenvalue weighted by Gasteiger charge is 2.32. The molecule has 0 aliphatic rings. The zero-order valence-corrected chi connectivity index (χ0v) is 22.5. The van der Waals surface area contributed by atoms with E-state index in [-0.39, 0.29) is 28.9 Å². The maximum absolute atomic E-state index is 13.7. The summed E-state index contributed by atoms with van der Waals surface area (Å²) in [7, 11) is -4.29. The van der Waals surface area contributed by atoms with Crippen LogP contribution in [-0.4, -0.2) is 48.7 Å². The number of nitrogens with one attached hydrogen (secondary N) is 1. The topological polar surface area (TPSA) is 130 Å². The molecule has 0 radical (unpaired) electrons. The summed E-state index contributed by atoms with van der Waals surface area (Å²) in [6, 6.07) is 16.4. The fourth-order valence-corrected chi connectivity index (χ4v) is 5.20. The second-order valence-corrected chi connectivity index (χ2v) is 10.9. The summed E-state index contributed by atoms with van der Waals surface area (Å²) in [6.07, 6.45) is 0. The lowest BCUT2D eigenvalue weighted by atomic mass is 10.1. The van der Waals surface area contributed by atoms with Crippen LogP contribution in [0.15, 0.2) is 83.8 Å². The van der Waals surface area contributed by atoms with Crippen LogP contribution in [0.2, 0.25) is 0 Å². The number of carbonyl (C=O) groups excluding carboxylic acids is 2. The molecule has 10 nitrogen and oxygen atoms in total. The van der Waals surface area contributed by atoms with E-state index >= 15 is 0 Å². The van der Waals surface area contributed by atoms with E-state index in [2.05, 4.69) is 5.32 Å². The first-order valence-electron chi connectivity index (χ1n) is 12.1. The number of amides is 2. The van der Waals surface area contributed by atoms with Gasteiger partial charge in [0, 0.05) is 24.7 Å². The highest BCUT2D eigenvalue weighted by molar-refractivity contribution is 7.92. The molecule has 12 heteroatoms. The van der Waals surface area contributed by atoms with E-state index in [1.165, 1.54) is 72.5 Å². The second kappa shape index (κ2) is 12.5. The summed E-state index contributed by atoms with van der Waals surface area (Å²) in [6.45, 7) is 4.25. The first-order chi connectivity index (χ1) is 18.4. The molecule has 0 bridgehead atoms. The third kappa shape index (κ3) is 7.38. The van der Waals surface area contributed by atoms with Gasteiger partial charge in [0.25, 0.3) is 15.7 Å². The van der Waals surface area contributed by atoms with E-state index in [4.69, 9.17) is 0 Å². The van der Waals surface area contributed by atoms with Gasteiger partial charge in [-0.2, -0.15) is 0 Å². The van der Waals surface area contributed by atoms with Crippen molar-refractivity contribution in [3.63, 3.8) is 0 Å². The standard InChI is InChI=1S/C27H29FN4O6S/c1-19(2)29-27(34)20(3)30(17-21-9-11-22(28)12-10-21)26(33)18-31(23-13-15-24(16-14-23)32(35)36)39(37,38)25-7-5-4-6-8-25/h4-16,19-20H,17-18H2,1-3H3,(H,29,34). The normalized spacial score (nSPS) is 12.0. The summed E-state index contributed by atoms with van der Waals surface area (Å²) >= 11 is 0. The Kier molecular flexibility index (Phi) is 9.36. The van der Waals surface area contributed by atoms with Crippen molar-refractivity contribution in [2.24, 2.45) is 0 Å². The lowest BCUT2D eigenvalue weighted by Gasteiger charge is -2.32. The molecule has 1 N–H and O–H groups in total. The molecule has 0 aliphatic carbocycles. The van der Waals surface area contributed by atoms with Gasteiger partial charge in [-0.25, -0.2) is 12.8 Å². The van der Waals surface area contributed by atoms with Crippen LogP contribution >= 0.6 is 0 Å². The minimum atomic E-state index is -4.29. The first kappa shape index (κ1) is 29.2. The molecular weight excluding hydrogens is 527 g/mol. The van der Waals surface area contributed by atoms with Crippen molar-refractivity contribution in [2.45, 2.75) is 44.3 Å². The van der Waals surface area contributed by atoms with Crippen LogP contribution in [0, 0.1) is 15.9 Å². The van der Waals surface area contributed by atoms with E-state index in [1.807, 2.05) is 0 Å². The van der Waals surface area contributed by atoms with Crippen molar-refractivity contribution in [3.05, 3.63) is 100 Å². The largest absolute Gasteiger partial charge is 0.352 e. The summed E-state index contributed by atoms with van der Waals surface area (Å²) < 4.78 is 41.6. The van der Waals surface area contributed by atoms with Gasteiger partial charge in [-0.3, -0.25) is 24.0 Å². The van der Waals surface area contributed by atoms with Crippen LogP contribution in [0.25, 0.3) is 0 Å². The quantitative estimate of drug-likeness (QED) is 0.282. The molecule has 0 saturated heterocycles. The summed E-state index contributed by atoms with van der Waals surface area (Å²) in [5, 5.41) is 13.9. The van der Waals surface area contributed by atoms with Crippen molar-refractivity contribution in [1.29, 1.82) is 0 Å². The van der Waals surface area contributed by atoms with Gasteiger partial charge in [0.05, 0.1) is 15.5 Å². The van der Waals surface area contributed by atoms with E-state index in [1.54, 1.807) is 19.9 Å². The number of sulfonamides is 1. The number of nitro groups is 1. The van der Waals surface area contributed by atoms with Gasteiger partial charge >= 0.3 is 0 Å². The van der Waals surface area contributed by atoms with Gasteiger partial charge < -0.3 is 10.2 Å². The molecule has 0 aliphatic heterocycles. The molecule has 2 amide bonds. The Hall–Kier alpha value is -4.32. The van der Waals surface area contributed by atoms with Gasteiger partial charge in [0.2, 0.25) is 11.8 Å². The minimum Gasteiger partial charge on any atom is -0.352 e. The second-order valence-electron chi connectivity index (χ2n) is 9.09. The van der Waals surface area contributed by atoms with Crippen molar-refractivity contribution in [1.82, 2.24) is 10.2 Å². The predicted molar refractivity (Wildman–Crippen MR) is 144 cm³/mol. The zero-order chi connectivity index (χ0) is 28.7. The van der Waals surface area contributed by atoms with Gasteiger partial charge in [-0.1, -0.05) is 30.3 Å². The highest BCUT2D eigenvalue weighted by atomic mass is 32.2. The van der Waals surface area contributed by atoms with Crippen LogP contribution in [-0.2, 0) is 26.2 Å². The van der Waals surface area contributed by atoms with E-state index in [9.17, 15) is 32.5 Å². The van der Waals surface area contributed by atoms with E-state index in [0.29, 0.717) is 5.56 Å². The molecule has 1 atom stereocenters. The Balaban J connectivity index is 2.03. The Morgan fingerprint density at radius 3 is 2.08 bits per heavy atom. The molecule has 1 unspecified atom stereocenters. The van der Waals surface area contributed by atoms with Gasteiger partial charge in [-0.05, 0) is 62.7 Å². The summed E-state index contributed by atoms with van der Waals surface area (Å²) in [5.74, 6) is -1.63. The number of halogens is 1. The maximum Gasteiger partial charge on any atom is 0.269 e. The van der Waals surface area contributed by atoms with E-state index in [0.717, 1.165) is 16.4 Å². The van der Waals surface area contributed by atoms with Crippen LogP contribution in [0.4, 0.5) is 15.8 Å². The lowest BCUT2D eigenvalue weighted by Crippen LogP contribution is -2.52. The van der Waals surface area contributed by atoms with Crippen LogP contribution in [0.5, 0.6) is 0 Å². The number of anilines is 1. The number of nitro benzene ring substituents is 1. The molecule has 0 spiro atoms. The highest BCUT2D eigenvalue weighted by Crippen LogP contribution is 2.26. The molecule has 3 rings (SSSR count). The van der Waals surface area contributed by atoms with Crippen LogP contribution in [0.1, 0.15) is 26.3 Å². The maximum atomic E-state index is 13.7. The van der Waals surface area contributed by atoms with Gasteiger partial charge in [0.1, 0.15) is 18.4 Å². The zero-order valence-electron chi connectivity index (χ0n) is 21.7. The Labute approximate surface area is 226 Å². The number of hydrogen-bond donors (Lipinski definition) is 1. The fourth-order valence-electron chi connectivity index (χ4n) is 3.76. The summed E-state index contributed by atoms with van der Waals surface area (Å²) in [5.41, 5.74) is 0.305. The Morgan fingerprint density at radius 1 is 0.949 bits per heavy atom. The molecule has 39 heavy (non-hydrogen) atoms. The average molecular weight is 557 g/mol. The number of hydrogen-bond acceptors (Lipinski definition) is 6. The molecule has 0 heterocycles. The summed E-state index contributed by atoms with van der Waals surface area (Å²) in [4.78, 5) is 38.2. The molecule has 206 valence electrons. The SMILES string of the molecule is CC(C)NC(=O)C(C)N(Cc1ccc(F)cc1)C(=O)CN(c1ccc([N+](=O)[O-])cc1)S(=O)(=O)c1ccccc1. The third-order valence-corrected chi connectivity index (χ3v) is 7.61. The minimum absolute atomic E-state index is 0.0267. The number of carbonyl (C=O) groups is 2. The molecule has 0 aromatic heterocycles. The van der Waals surface area contributed by atoms with Gasteiger partial charge in [-0.15, -0.1) is 0 Å². The predicted octanol–water partition coefficient (Wildman–Crippen LogP) is 3.87. The number of nitrogens with zero attached hydrogens (tertiary/aromatic N) is 3. The number of rotatable bonds is 11. The average Bonchev–Trinajstić information content (AvgIpc) is 2.91. The van der Waals surface area contributed by atoms with E-state index < -0.39 is 45.2 Å². The monoisotopic (exact) mass is 556 g/mol. The van der Waals surface area contributed by atoms with Crippen LogP contribution < -0.4 is 9.62 Å². The fraction of sp³-hybridized carbons (Fsp3) is 0.259. The smallest absolute Gasteiger partial charge is 0.269 e. The Bertz CT molecular complexity index is 1410. The van der Waals surface area contributed by atoms with Crippen molar-refractivity contribution in [2.75, 3.05) is 10.8 Å². The lowest BCUT2D eigenvalue weighted by molar-refractivity contribution is -0.384.